The van der Waals surface area contributed by atoms with Crippen LogP contribution in [0.3, 0.4) is 0 Å². The molecule has 2 aromatic carbocycles. The van der Waals surface area contributed by atoms with Gasteiger partial charge < -0.3 is 10.4 Å². The van der Waals surface area contributed by atoms with Crippen LogP contribution in [0.25, 0.3) is 0 Å². The maximum Gasteiger partial charge on any atom is 0.159 e. The molecule has 0 amide bonds. The molecule has 5 heteroatoms. The molecule has 1 saturated heterocycles. The number of aliphatic hydroxyl groups is 1. The minimum atomic E-state index is -0.817. The third-order valence-electron chi connectivity index (χ3n) is 5.03. The molecule has 134 valence electrons. The highest BCUT2D eigenvalue weighted by Gasteiger charge is 2.34. The molecule has 0 spiro atoms. The Balaban J connectivity index is 1.79. The highest BCUT2D eigenvalue weighted by Crippen LogP contribution is 2.33. The summed E-state index contributed by atoms with van der Waals surface area (Å²) in [6.45, 7) is 2.99. The van der Waals surface area contributed by atoms with Gasteiger partial charge in [-0.3, -0.25) is 4.90 Å². The SMILES string of the molecule is CC(NC1CCN(C)C1c1ccc(F)c(F)c1)c1cccc(CO)c1. The van der Waals surface area contributed by atoms with E-state index < -0.39 is 11.6 Å². The predicted octanol–water partition coefficient (Wildman–Crippen LogP) is 3.55. The van der Waals surface area contributed by atoms with Crippen LogP contribution in [0.4, 0.5) is 8.78 Å². The lowest BCUT2D eigenvalue weighted by Gasteiger charge is -2.29. The van der Waals surface area contributed by atoms with Gasteiger partial charge in [0.15, 0.2) is 11.6 Å². The Hall–Kier alpha value is -1.82. The first-order valence-corrected chi connectivity index (χ1v) is 8.60. The zero-order valence-electron chi connectivity index (χ0n) is 14.5. The summed E-state index contributed by atoms with van der Waals surface area (Å²) < 4.78 is 26.9. The summed E-state index contributed by atoms with van der Waals surface area (Å²) in [5.74, 6) is -1.62. The Labute approximate surface area is 147 Å². The first-order valence-electron chi connectivity index (χ1n) is 8.60. The highest BCUT2D eigenvalue weighted by atomic mass is 19.2. The first-order chi connectivity index (χ1) is 12.0. The van der Waals surface area contributed by atoms with Crippen LogP contribution in [0.2, 0.25) is 0 Å². The van der Waals surface area contributed by atoms with Crippen molar-refractivity contribution in [3.63, 3.8) is 0 Å². The normalized spacial score (nSPS) is 22.3. The number of likely N-dealkylation sites (tertiary alicyclic amines) is 1. The molecule has 1 heterocycles. The van der Waals surface area contributed by atoms with E-state index in [1.165, 1.54) is 12.1 Å². The van der Waals surface area contributed by atoms with Crippen LogP contribution in [0.5, 0.6) is 0 Å². The third kappa shape index (κ3) is 3.89. The zero-order chi connectivity index (χ0) is 18.0. The Kier molecular flexibility index (Phi) is 5.47. The van der Waals surface area contributed by atoms with E-state index >= 15 is 0 Å². The number of benzene rings is 2. The topological polar surface area (TPSA) is 35.5 Å². The van der Waals surface area contributed by atoms with Crippen LogP contribution in [0.15, 0.2) is 42.5 Å². The molecule has 0 radical (unpaired) electrons. The van der Waals surface area contributed by atoms with Gasteiger partial charge in [0.1, 0.15) is 0 Å². The van der Waals surface area contributed by atoms with E-state index in [0.29, 0.717) is 0 Å². The third-order valence-corrected chi connectivity index (χ3v) is 5.03. The molecule has 0 aliphatic carbocycles. The van der Waals surface area contributed by atoms with Crippen molar-refractivity contribution in [1.82, 2.24) is 10.2 Å². The minimum Gasteiger partial charge on any atom is -0.392 e. The number of nitrogens with zero attached hydrogens (tertiary/aromatic N) is 1. The van der Waals surface area contributed by atoms with Crippen LogP contribution in [-0.2, 0) is 6.61 Å². The van der Waals surface area contributed by atoms with Crippen molar-refractivity contribution >= 4 is 0 Å². The second-order valence-electron chi connectivity index (χ2n) is 6.79. The van der Waals surface area contributed by atoms with Gasteiger partial charge in [-0.1, -0.05) is 30.3 Å². The van der Waals surface area contributed by atoms with E-state index in [9.17, 15) is 13.9 Å². The van der Waals surface area contributed by atoms with Gasteiger partial charge in [0.25, 0.3) is 0 Å². The monoisotopic (exact) mass is 346 g/mol. The summed E-state index contributed by atoms with van der Waals surface area (Å²) in [5.41, 5.74) is 2.77. The fourth-order valence-electron chi connectivity index (χ4n) is 3.68. The summed E-state index contributed by atoms with van der Waals surface area (Å²) >= 11 is 0. The molecule has 0 bridgehead atoms. The van der Waals surface area contributed by atoms with E-state index in [0.717, 1.165) is 29.7 Å². The molecule has 0 aromatic heterocycles. The molecule has 3 unspecified atom stereocenters. The number of aliphatic hydroxyl groups excluding tert-OH is 1. The largest absolute Gasteiger partial charge is 0.392 e. The highest BCUT2D eigenvalue weighted by molar-refractivity contribution is 5.27. The summed E-state index contributed by atoms with van der Waals surface area (Å²) in [4.78, 5) is 2.17. The van der Waals surface area contributed by atoms with Crippen LogP contribution in [-0.4, -0.2) is 29.6 Å². The van der Waals surface area contributed by atoms with Gasteiger partial charge in [0.05, 0.1) is 6.61 Å². The zero-order valence-corrected chi connectivity index (χ0v) is 14.5. The summed E-state index contributed by atoms with van der Waals surface area (Å²) in [6, 6.07) is 12.2. The molecule has 2 aromatic rings. The Morgan fingerprint density at radius 1 is 1.20 bits per heavy atom. The quantitative estimate of drug-likeness (QED) is 0.869. The predicted molar refractivity (Wildman–Crippen MR) is 94.0 cm³/mol. The van der Waals surface area contributed by atoms with E-state index in [2.05, 4.69) is 17.1 Å². The van der Waals surface area contributed by atoms with Crippen molar-refractivity contribution in [3.05, 3.63) is 70.8 Å². The van der Waals surface area contributed by atoms with Crippen molar-refractivity contribution in [1.29, 1.82) is 0 Å². The van der Waals surface area contributed by atoms with Crippen LogP contribution < -0.4 is 5.32 Å². The lowest BCUT2D eigenvalue weighted by atomic mass is 9.97. The van der Waals surface area contributed by atoms with Crippen molar-refractivity contribution in [2.45, 2.75) is 38.1 Å². The maximum atomic E-state index is 13.7. The lowest BCUT2D eigenvalue weighted by Crippen LogP contribution is -2.36. The summed E-state index contributed by atoms with van der Waals surface area (Å²) in [5, 5.41) is 12.9. The van der Waals surface area contributed by atoms with E-state index in [1.807, 2.05) is 31.3 Å². The number of nitrogens with one attached hydrogen (secondary N) is 1. The number of hydrogen-bond acceptors (Lipinski definition) is 3. The van der Waals surface area contributed by atoms with E-state index in [4.69, 9.17) is 0 Å². The van der Waals surface area contributed by atoms with Gasteiger partial charge in [-0.05, 0) is 49.2 Å². The number of hydrogen-bond donors (Lipinski definition) is 2. The Morgan fingerprint density at radius 2 is 2.00 bits per heavy atom. The van der Waals surface area contributed by atoms with E-state index in [-0.39, 0.29) is 24.7 Å². The van der Waals surface area contributed by atoms with Crippen molar-refractivity contribution in [3.8, 4) is 0 Å². The van der Waals surface area contributed by atoms with Gasteiger partial charge in [-0.2, -0.15) is 0 Å². The average molecular weight is 346 g/mol. The Morgan fingerprint density at radius 3 is 2.72 bits per heavy atom. The van der Waals surface area contributed by atoms with Gasteiger partial charge in [0, 0.05) is 24.7 Å². The molecule has 1 aliphatic rings. The molecule has 0 saturated carbocycles. The summed E-state index contributed by atoms with van der Waals surface area (Å²) in [6.07, 6.45) is 0.935. The van der Waals surface area contributed by atoms with Crippen LogP contribution in [0.1, 0.15) is 42.1 Å². The van der Waals surface area contributed by atoms with Crippen LogP contribution in [0, 0.1) is 11.6 Å². The van der Waals surface area contributed by atoms with E-state index in [1.54, 1.807) is 6.07 Å². The lowest BCUT2D eigenvalue weighted by molar-refractivity contribution is 0.276. The molecule has 2 N–H and O–H groups in total. The second kappa shape index (κ2) is 7.60. The molecular formula is C20H24F2N2O. The second-order valence-corrected chi connectivity index (χ2v) is 6.79. The fourth-order valence-corrected chi connectivity index (χ4v) is 3.68. The van der Waals surface area contributed by atoms with Gasteiger partial charge >= 0.3 is 0 Å². The average Bonchev–Trinajstić information content (AvgIpc) is 2.97. The van der Waals surface area contributed by atoms with Crippen LogP contribution >= 0.6 is 0 Å². The van der Waals surface area contributed by atoms with Crippen molar-refractivity contribution in [2.24, 2.45) is 0 Å². The summed E-state index contributed by atoms with van der Waals surface area (Å²) in [7, 11) is 2.00. The first kappa shape index (κ1) is 18.0. The number of rotatable bonds is 5. The minimum absolute atomic E-state index is 0.00132. The standard InChI is InChI=1S/C20H24F2N2O/c1-13(15-5-3-4-14(10-15)12-25)23-19-8-9-24(2)20(19)16-6-7-17(21)18(22)11-16/h3-7,10-11,13,19-20,23,25H,8-9,12H2,1-2H3. The number of likely N-dealkylation sites (N-methyl/N-ethyl adjacent to an activating group) is 1. The van der Waals surface area contributed by atoms with Crippen molar-refractivity contribution in [2.75, 3.05) is 13.6 Å². The van der Waals surface area contributed by atoms with Gasteiger partial charge in [0.2, 0.25) is 0 Å². The van der Waals surface area contributed by atoms with Gasteiger partial charge in [-0.25, -0.2) is 8.78 Å². The van der Waals surface area contributed by atoms with Gasteiger partial charge in [-0.15, -0.1) is 0 Å². The molecule has 25 heavy (non-hydrogen) atoms. The maximum absolute atomic E-state index is 13.7. The molecular weight excluding hydrogens is 322 g/mol. The molecule has 1 fully saturated rings. The molecule has 1 aliphatic heterocycles. The Bertz CT molecular complexity index is 737. The molecule has 3 atom stereocenters. The molecule has 3 rings (SSSR count). The smallest absolute Gasteiger partial charge is 0.159 e. The molecule has 3 nitrogen and oxygen atoms in total. The van der Waals surface area contributed by atoms with Crippen molar-refractivity contribution < 1.29 is 13.9 Å². The fraction of sp³-hybridized carbons (Fsp3) is 0.400. The number of halogens is 2.